The molecular weight excluding hydrogens is 420 g/mol. The first-order chi connectivity index (χ1) is 14.6. The molecule has 1 amide bonds. The summed E-state index contributed by atoms with van der Waals surface area (Å²) in [5.41, 5.74) is 1.76. The fraction of sp³-hybridized carbons (Fsp3) is 0.364. The average molecular weight is 449 g/mol. The fourth-order valence-corrected chi connectivity index (χ4v) is 4.17. The predicted octanol–water partition coefficient (Wildman–Crippen LogP) is 3.36. The van der Waals surface area contributed by atoms with Crippen LogP contribution in [0.15, 0.2) is 42.5 Å². The zero-order valence-electron chi connectivity index (χ0n) is 18.3. The lowest BCUT2D eigenvalue weighted by Crippen LogP contribution is -2.45. The van der Waals surface area contributed by atoms with Crippen molar-refractivity contribution in [2.45, 2.75) is 33.7 Å². The van der Waals surface area contributed by atoms with Gasteiger partial charge in [0.2, 0.25) is 15.9 Å². The maximum atomic E-state index is 12.9. The number of benzene rings is 2. The second-order valence-electron chi connectivity index (χ2n) is 6.90. The molecule has 0 aliphatic heterocycles. The number of sulfonamides is 1. The molecule has 2 aromatic carbocycles. The highest BCUT2D eigenvalue weighted by Gasteiger charge is 2.29. The molecule has 1 N–H and O–H groups in total. The number of aryl methyl sites for hydroxylation is 1. The van der Waals surface area contributed by atoms with Crippen molar-refractivity contribution < 1.29 is 27.5 Å². The number of anilines is 2. The van der Waals surface area contributed by atoms with Crippen LogP contribution in [0.1, 0.15) is 36.7 Å². The second kappa shape index (κ2) is 10.3. The van der Waals surface area contributed by atoms with Gasteiger partial charge in [-0.25, -0.2) is 13.2 Å². The first-order valence-corrected chi connectivity index (χ1v) is 11.7. The van der Waals surface area contributed by atoms with Crippen LogP contribution in [0.5, 0.6) is 5.75 Å². The minimum atomic E-state index is -3.76. The summed E-state index contributed by atoms with van der Waals surface area (Å²) in [5, 5.41) is 2.72. The molecule has 0 unspecified atom stereocenters. The lowest BCUT2D eigenvalue weighted by atomic mass is 10.1. The first kappa shape index (κ1) is 24.2. The molecule has 0 heterocycles. The third kappa shape index (κ3) is 6.21. The summed E-state index contributed by atoms with van der Waals surface area (Å²) >= 11 is 0. The number of nitrogens with zero attached hydrogens (tertiary/aromatic N) is 1. The Morgan fingerprint density at radius 1 is 1.06 bits per heavy atom. The first-order valence-electron chi connectivity index (χ1n) is 9.89. The summed E-state index contributed by atoms with van der Waals surface area (Å²) in [6, 6.07) is 10.2. The Morgan fingerprint density at radius 2 is 1.71 bits per heavy atom. The van der Waals surface area contributed by atoms with Crippen LogP contribution in [0, 0.1) is 6.92 Å². The van der Waals surface area contributed by atoms with Crippen LogP contribution in [-0.4, -0.2) is 45.8 Å². The Kier molecular flexibility index (Phi) is 8.04. The maximum absolute atomic E-state index is 12.9. The fourth-order valence-electron chi connectivity index (χ4n) is 3.00. The van der Waals surface area contributed by atoms with Crippen LogP contribution in [-0.2, 0) is 19.6 Å². The molecule has 0 radical (unpaired) electrons. The van der Waals surface area contributed by atoms with Crippen LogP contribution in [0.2, 0.25) is 0 Å². The number of carbonyl (C=O) groups is 2. The van der Waals surface area contributed by atoms with Gasteiger partial charge in [-0.1, -0.05) is 6.07 Å². The van der Waals surface area contributed by atoms with Gasteiger partial charge >= 0.3 is 5.97 Å². The molecule has 9 heteroatoms. The minimum absolute atomic E-state index is 0.233. The Hall–Kier alpha value is -3.07. The summed E-state index contributed by atoms with van der Waals surface area (Å²) in [6.07, 6.45) is 1.04. The number of hydrogen-bond acceptors (Lipinski definition) is 6. The van der Waals surface area contributed by atoms with Crippen LogP contribution in [0.3, 0.4) is 0 Å². The molecular formula is C22H28N2O6S. The van der Waals surface area contributed by atoms with Gasteiger partial charge in [0.1, 0.15) is 11.8 Å². The molecule has 0 fully saturated rings. The monoisotopic (exact) mass is 448 g/mol. The quantitative estimate of drug-likeness (QED) is 0.590. The van der Waals surface area contributed by atoms with Crippen molar-refractivity contribution >= 4 is 33.3 Å². The number of carbonyl (C=O) groups excluding carboxylic acids is 2. The molecule has 8 nitrogen and oxygen atoms in total. The average Bonchev–Trinajstić information content (AvgIpc) is 2.70. The zero-order chi connectivity index (χ0) is 23.2. The molecule has 2 aromatic rings. The Labute approximate surface area is 183 Å². The smallest absolute Gasteiger partial charge is 0.338 e. The number of esters is 1. The van der Waals surface area contributed by atoms with Crippen LogP contribution < -0.4 is 14.4 Å². The minimum Gasteiger partial charge on any atom is -0.494 e. The Bertz CT molecular complexity index is 1030. The number of rotatable bonds is 9. The van der Waals surface area contributed by atoms with E-state index in [4.69, 9.17) is 9.47 Å². The van der Waals surface area contributed by atoms with Gasteiger partial charge in [0, 0.05) is 5.69 Å². The summed E-state index contributed by atoms with van der Waals surface area (Å²) in [4.78, 5) is 24.9. The van der Waals surface area contributed by atoms with Crippen molar-refractivity contribution in [1.29, 1.82) is 0 Å². The van der Waals surface area contributed by atoms with Crippen molar-refractivity contribution in [1.82, 2.24) is 0 Å². The molecule has 31 heavy (non-hydrogen) atoms. The molecule has 0 spiro atoms. The zero-order valence-corrected chi connectivity index (χ0v) is 19.2. The van der Waals surface area contributed by atoms with Crippen molar-refractivity contribution in [3.05, 3.63) is 53.6 Å². The van der Waals surface area contributed by atoms with E-state index in [1.807, 2.05) is 6.92 Å². The van der Waals surface area contributed by atoms with E-state index in [9.17, 15) is 18.0 Å². The standard InChI is InChI=1S/C22H28N2O6S/c1-6-29-19-12-10-18(11-13-19)24(31(5,27)28)16(4)21(25)23-20-14-17(9-8-15(20)3)22(26)30-7-2/h8-14,16H,6-7H2,1-5H3,(H,23,25)/t16-/m0/s1. The van der Waals surface area contributed by atoms with E-state index in [0.29, 0.717) is 29.3 Å². The molecule has 0 saturated carbocycles. The molecule has 0 aliphatic carbocycles. The highest BCUT2D eigenvalue weighted by molar-refractivity contribution is 7.92. The molecule has 1 atom stereocenters. The highest BCUT2D eigenvalue weighted by Crippen LogP contribution is 2.25. The van der Waals surface area contributed by atoms with Crippen molar-refractivity contribution in [2.24, 2.45) is 0 Å². The third-order valence-electron chi connectivity index (χ3n) is 4.50. The molecule has 0 aliphatic rings. The molecule has 0 saturated heterocycles. The largest absolute Gasteiger partial charge is 0.494 e. The molecule has 168 valence electrons. The van der Waals surface area contributed by atoms with E-state index >= 15 is 0 Å². The summed E-state index contributed by atoms with van der Waals surface area (Å²) in [6.45, 7) is 7.54. The van der Waals surface area contributed by atoms with Gasteiger partial charge in [0.15, 0.2) is 0 Å². The summed E-state index contributed by atoms with van der Waals surface area (Å²) < 4.78 is 36.4. The van der Waals surface area contributed by atoms with Crippen LogP contribution >= 0.6 is 0 Å². The molecule has 2 rings (SSSR count). The van der Waals surface area contributed by atoms with Gasteiger partial charge in [-0.05, 0) is 69.7 Å². The molecule has 0 bridgehead atoms. The summed E-state index contributed by atoms with van der Waals surface area (Å²) in [5.74, 6) is -0.440. The van der Waals surface area contributed by atoms with Crippen molar-refractivity contribution in [2.75, 3.05) is 29.1 Å². The van der Waals surface area contributed by atoms with Gasteiger partial charge in [0.05, 0.1) is 30.7 Å². The van der Waals surface area contributed by atoms with E-state index in [2.05, 4.69) is 5.32 Å². The lowest BCUT2D eigenvalue weighted by Gasteiger charge is -2.28. The normalized spacial score (nSPS) is 12.0. The Morgan fingerprint density at radius 3 is 2.26 bits per heavy atom. The second-order valence-corrected chi connectivity index (χ2v) is 8.76. The predicted molar refractivity (Wildman–Crippen MR) is 120 cm³/mol. The third-order valence-corrected chi connectivity index (χ3v) is 5.74. The van der Waals surface area contributed by atoms with Gasteiger partial charge < -0.3 is 14.8 Å². The number of hydrogen-bond donors (Lipinski definition) is 1. The number of amides is 1. The molecule has 0 aromatic heterocycles. The van der Waals surface area contributed by atoms with E-state index in [1.54, 1.807) is 50.2 Å². The van der Waals surface area contributed by atoms with Crippen LogP contribution in [0.4, 0.5) is 11.4 Å². The van der Waals surface area contributed by atoms with Gasteiger partial charge in [-0.2, -0.15) is 0 Å². The van der Waals surface area contributed by atoms with E-state index < -0.39 is 27.9 Å². The van der Waals surface area contributed by atoms with E-state index in [0.717, 1.165) is 16.1 Å². The maximum Gasteiger partial charge on any atom is 0.338 e. The van der Waals surface area contributed by atoms with Gasteiger partial charge in [-0.3, -0.25) is 9.10 Å². The number of nitrogens with one attached hydrogen (secondary N) is 1. The van der Waals surface area contributed by atoms with Crippen molar-refractivity contribution in [3.8, 4) is 5.75 Å². The Balaban J connectivity index is 2.30. The highest BCUT2D eigenvalue weighted by atomic mass is 32.2. The summed E-state index contributed by atoms with van der Waals surface area (Å²) in [7, 11) is -3.76. The van der Waals surface area contributed by atoms with Crippen molar-refractivity contribution in [3.63, 3.8) is 0 Å². The van der Waals surface area contributed by atoms with E-state index in [1.165, 1.54) is 13.0 Å². The van der Waals surface area contributed by atoms with Crippen LogP contribution in [0.25, 0.3) is 0 Å². The lowest BCUT2D eigenvalue weighted by molar-refractivity contribution is -0.116. The van der Waals surface area contributed by atoms with E-state index in [-0.39, 0.29) is 6.61 Å². The SMILES string of the molecule is CCOC(=O)c1ccc(C)c(NC(=O)[C@H](C)N(c2ccc(OCC)cc2)S(C)(=O)=O)c1. The van der Waals surface area contributed by atoms with Gasteiger partial charge in [-0.15, -0.1) is 0 Å². The topological polar surface area (TPSA) is 102 Å². The van der Waals surface area contributed by atoms with Gasteiger partial charge in [0.25, 0.3) is 0 Å². The number of ether oxygens (including phenoxy) is 2.